The average Bonchev–Trinajstić information content (AvgIpc) is 2.21. The lowest BCUT2D eigenvalue weighted by Gasteiger charge is -2.07. The molecular weight excluding hydrogens is 178 g/mol. The van der Waals surface area contributed by atoms with Gasteiger partial charge in [0.25, 0.3) is 0 Å². The highest BCUT2D eigenvalue weighted by Gasteiger charge is 2.03. The molecule has 3 nitrogen and oxygen atoms in total. The maximum absolute atomic E-state index is 8.85. The molecule has 0 heterocycles. The van der Waals surface area contributed by atoms with Gasteiger partial charge in [-0.3, -0.25) is 0 Å². The summed E-state index contributed by atoms with van der Waals surface area (Å²) in [5.41, 5.74) is 1.94. The van der Waals surface area contributed by atoms with Gasteiger partial charge in [-0.2, -0.15) is 5.26 Å². The Morgan fingerprint density at radius 3 is 2.79 bits per heavy atom. The van der Waals surface area contributed by atoms with Gasteiger partial charge < -0.3 is 9.84 Å². The first-order valence-corrected chi connectivity index (χ1v) is 4.45. The molecule has 0 aromatic heterocycles. The van der Waals surface area contributed by atoms with Gasteiger partial charge in [0.2, 0.25) is 0 Å². The fraction of sp³-hybridized carbons (Fsp3) is 0.364. The van der Waals surface area contributed by atoms with Crippen LogP contribution in [0, 0.1) is 11.3 Å². The summed E-state index contributed by atoms with van der Waals surface area (Å²) in [5, 5.41) is 17.4. The van der Waals surface area contributed by atoms with Crippen LogP contribution in [0.1, 0.15) is 11.1 Å². The second-order valence-corrected chi connectivity index (χ2v) is 2.94. The van der Waals surface area contributed by atoms with Crippen molar-refractivity contribution >= 4 is 0 Å². The van der Waals surface area contributed by atoms with Crippen LogP contribution in [0.25, 0.3) is 0 Å². The largest absolute Gasteiger partial charge is 0.497 e. The zero-order valence-electron chi connectivity index (χ0n) is 8.16. The summed E-state index contributed by atoms with van der Waals surface area (Å²) in [5.74, 6) is 0.759. The Morgan fingerprint density at radius 1 is 1.43 bits per heavy atom. The lowest BCUT2D eigenvalue weighted by molar-refractivity contribution is 0.299. The highest BCUT2D eigenvalue weighted by Crippen LogP contribution is 2.18. The maximum atomic E-state index is 8.85. The molecule has 0 saturated heterocycles. The Bertz CT molecular complexity index is 342. The number of ether oxygens (including phenoxy) is 1. The average molecular weight is 191 g/mol. The molecule has 0 aliphatic heterocycles. The van der Waals surface area contributed by atoms with E-state index in [9.17, 15) is 0 Å². The van der Waals surface area contributed by atoms with Gasteiger partial charge in [-0.15, -0.1) is 0 Å². The molecule has 0 aliphatic rings. The fourth-order valence-electron chi connectivity index (χ4n) is 1.34. The molecule has 0 fully saturated rings. The van der Waals surface area contributed by atoms with Gasteiger partial charge in [0.1, 0.15) is 5.75 Å². The molecule has 0 spiro atoms. The van der Waals surface area contributed by atoms with Crippen LogP contribution in [0.15, 0.2) is 18.2 Å². The van der Waals surface area contributed by atoms with Crippen LogP contribution >= 0.6 is 0 Å². The first-order valence-electron chi connectivity index (χ1n) is 4.45. The van der Waals surface area contributed by atoms with E-state index < -0.39 is 0 Å². The van der Waals surface area contributed by atoms with Crippen molar-refractivity contribution in [2.24, 2.45) is 0 Å². The fourth-order valence-corrected chi connectivity index (χ4v) is 1.34. The molecule has 14 heavy (non-hydrogen) atoms. The predicted octanol–water partition coefficient (Wildman–Crippen LogP) is 1.30. The molecule has 0 amide bonds. The number of aliphatic hydroxyl groups excluding tert-OH is 1. The molecule has 0 atom stereocenters. The van der Waals surface area contributed by atoms with Crippen LogP contribution in [-0.2, 0) is 12.8 Å². The molecule has 1 rings (SSSR count). The van der Waals surface area contributed by atoms with Gasteiger partial charge in [0.05, 0.1) is 19.6 Å². The van der Waals surface area contributed by atoms with Crippen LogP contribution in [-0.4, -0.2) is 18.8 Å². The van der Waals surface area contributed by atoms with E-state index in [2.05, 4.69) is 6.07 Å². The van der Waals surface area contributed by atoms with Gasteiger partial charge in [-0.1, -0.05) is 6.07 Å². The number of hydrogen-bond donors (Lipinski definition) is 1. The van der Waals surface area contributed by atoms with Gasteiger partial charge in [-0.25, -0.2) is 0 Å². The van der Waals surface area contributed by atoms with E-state index in [1.165, 1.54) is 0 Å². The van der Waals surface area contributed by atoms with E-state index in [1.807, 2.05) is 18.2 Å². The van der Waals surface area contributed by atoms with Crippen LogP contribution < -0.4 is 4.74 Å². The minimum Gasteiger partial charge on any atom is -0.497 e. The normalized spacial score (nSPS) is 9.50. The molecule has 0 radical (unpaired) electrons. The number of rotatable bonds is 4. The van der Waals surface area contributed by atoms with Gasteiger partial charge in [0.15, 0.2) is 0 Å². The van der Waals surface area contributed by atoms with E-state index >= 15 is 0 Å². The number of methoxy groups -OCH3 is 1. The topological polar surface area (TPSA) is 53.2 Å². The second kappa shape index (κ2) is 5.25. The quantitative estimate of drug-likeness (QED) is 0.780. The van der Waals surface area contributed by atoms with Gasteiger partial charge >= 0.3 is 0 Å². The monoisotopic (exact) mass is 191 g/mol. The van der Waals surface area contributed by atoms with Crippen LogP contribution in [0.3, 0.4) is 0 Å². The summed E-state index contributed by atoms with van der Waals surface area (Å²) in [6.07, 6.45) is 0.938. The third-order valence-electron chi connectivity index (χ3n) is 2.06. The molecular formula is C11H13NO2. The Labute approximate surface area is 83.6 Å². The molecule has 0 saturated carbocycles. The van der Waals surface area contributed by atoms with Crippen molar-refractivity contribution in [1.29, 1.82) is 5.26 Å². The molecule has 1 N–H and O–H groups in total. The van der Waals surface area contributed by atoms with Crippen molar-refractivity contribution in [2.45, 2.75) is 12.8 Å². The standard InChI is InChI=1S/C11H13NO2/c1-14-11-3-2-9(4-6-12)10(8-11)5-7-13/h2-3,8,13H,4-5,7H2,1H3. The zero-order chi connectivity index (χ0) is 10.4. The van der Waals surface area contributed by atoms with Gasteiger partial charge in [0, 0.05) is 6.61 Å². The molecule has 3 heteroatoms. The number of benzene rings is 1. The molecule has 0 bridgehead atoms. The predicted molar refractivity (Wildman–Crippen MR) is 53.1 cm³/mol. The van der Waals surface area contributed by atoms with Crippen LogP contribution in [0.4, 0.5) is 0 Å². The number of nitrogens with zero attached hydrogens (tertiary/aromatic N) is 1. The molecule has 0 aliphatic carbocycles. The molecule has 74 valence electrons. The zero-order valence-corrected chi connectivity index (χ0v) is 8.16. The summed E-state index contributed by atoms with van der Waals surface area (Å²) >= 11 is 0. The summed E-state index contributed by atoms with van der Waals surface area (Å²) < 4.78 is 5.07. The highest BCUT2D eigenvalue weighted by atomic mass is 16.5. The van der Waals surface area contributed by atoms with E-state index in [4.69, 9.17) is 15.1 Å². The van der Waals surface area contributed by atoms with Crippen molar-refractivity contribution in [2.75, 3.05) is 13.7 Å². The van der Waals surface area contributed by atoms with E-state index in [0.29, 0.717) is 12.8 Å². The Balaban J connectivity index is 2.98. The van der Waals surface area contributed by atoms with E-state index in [1.54, 1.807) is 7.11 Å². The van der Waals surface area contributed by atoms with Crippen molar-refractivity contribution < 1.29 is 9.84 Å². The number of aliphatic hydroxyl groups is 1. The molecule has 0 unspecified atom stereocenters. The lowest BCUT2D eigenvalue weighted by atomic mass is 10.0. The van der Waals surface area contributed by atoms with Crippen molar-refractivity contribution in [1.82, 2.24) is 0 Å². The van der Waals surface area contributed by atoms with E-state index in [0.717, 1.165) is 16.9 Å². The molecule has 1 aromatic rings. The number of nitriles is 1. The lowest BCUT2D eigenvalue weighted by Crippen LogP contribution is -1.98. The second-order valence-electron chi connectivity index (χ2n) is 2.94. The summed E-state index contributed by atoms with van der Waals surface area (Å²) in [6, 6.07) is 7.66. The Kier molecular flexibility index (Phi) is 3.96. The SMILES string of the molecule is COc1ccc(CC#N)c(CCO)c1. The summed E-state index contributed by atoms with van der Waals surface area (Å²) in [4.78, 5) is 0. The van der Waals surface area contributed by atoms with E-state index in [-0.39, 0.29) is 6.61 Å². The minimum absolute atomic E-state index is 0.0889. The summed E-state index contributed by atoms with van der Waals surface area (Å²) in [6.45, 7) is 0.0889. The Morgan fingerprint density at radius 2 is 2.21 bits per heavy atom. The summed E-state index contributed by atoms with van der Waals surface area (Å²) in [7, 11) is 1.60. The first kappa shape index (κ1) is 10.6. The molecule has 1 aromatic carbocycles. The van der Waals surface area contributed by atoms with Crippen molar-refractivity contribution in [3.63, 3.8) is 0 Å². The maximum Gasteiger partial charge on any atom is 0.119 e. The third-order valence-corrected chi connectivity index (χ3v) is 2.06. The van der Waals surface area contributed by atoms with Crippen molar-refractivity contribution in [3.8, 4) is 11.8 Å². The Hall–Kier alpha value is -1.53. The number of hydrogen-bond acceptors (Lipinski definition) is 3. The van der Waals surface area contributed by atoms with Gasteiger partial charge in [-0.05, 0) is 29.7 Å². The third kappa shape index (κ3) is 2.48. The first-order chi connectivity index (χ1) is 6.81. The smallest absolute Gasteiger partial charge is 0.119 e. The van der Waals surface area contributed by atoms with Crippen molar-refractivity contribution in [3.05, 3.63) is 29.3 Å². The van der Waals surface area contributed by atoms with Crippen LogP contribution in [0.5, 0.6) is 5.75 Å². The highest BCUT2D eigenvalue weighted by molar-refractivity contribution is 5.37. The minimum atomic E-state index is 0.0889. The van der Waals surface area contributed by atoms with Crippen LogP contribution in [0.2, 0.25) is 0 Å².